The highest BCUT2D eigenvalue weighted by Crippen LogP contribution is 2.25. The molecular formula is C13H21N5OS. The SMILES string of the molecule is COCCN1CCN(c2nn3cc(C)nc3s2)C[C@H]1C. The first-order valence-electron chi connectivity index (χ1n) is 6.98. The fraction of sp³-hybridized carbons (Fsp3) is 0.692. The molecule has 0 aromatic carbocycles. The standard InChI is InChI=1S/C13H21N5OS/c1-10-8-18-12(14-10)20-13(15-18)17-5-4-16(6-7-19-3)11(2)9-17/h8,11H,4-7,9H2,1-3H3/t11-/m1/s1. The number of hydrogen-bond donors (Lipinski definition) is 0. The second-order valence-corrected chi connectivity index (χ2v) is 6.25. The van der Waals surface area contributed by atoms with E-state index >= 15 is 0 Å². The highest BCUT2D eigenvalue weighted by molar-refractivity contribution is 7.20. The van der Waals surface area contributed by atoms with Crippen molar-refractivity contribution in [3.63, 3.8) is 0 Å². The Morgan fingerprint density at radius 3 is 3.00 bits per heavy atom. The molecule has 0 radical (unpaired) electrons. The van der Waals surface area contributed by atoms with Crippen LogP contribution in [0.3, 0.4) is 0 Å². The Hall–Kier alpha value is -1.18. The predicted molar refractivity (Wildman–Crippen MR) is 80.7 cm³/mol. The summed E-state index contributed by atoms with van der Waals surface area (Å²) < 4.78 is 7.05. The van der Waals surface area contributed by atoms with Crippen LogP contribution >= 0.6 is 11.3 Å². The largest absolute Gasteiger partial charge is 0.383 e. The van der Waals surface area contributed by atoms with E-state index in [0.717, 1.165) is 48.6 Å². The minimum atomic E-state index is 0.525. The fourth-order valence-corrected chi connectivity index (χ4v) is 3.60. The number of ether oxygens (including phenoxy) is 1. The fourth-order valence-electron chi connectivity index (χ4n) is 2.64. The van der Waals surface area contributed by atoms with Gasteiger partial charge in [0, 0.05) is 39.3 Å². The lowest BCUT2D eigenvalue weighted by Gasteiger charge is -2.39. The van der Waals surface area contributed by atoms with Gasteiger partial charge in [-0.1, -0.05) is 11.3 Å². The smallest absolute Gasteiger partial charge is 0.214 e. The third-order valence-electron chi connectivity index (χ3n) is 3.77. The molecule has 0 saturated carbocycles. The maximum absolute atomic E-state index is 5.17. The van der Waals surface area contributed by atoms with Gasteiger partial charge in [-0.2, -0.15) is 0 Å². The molecule has 0 amide bonds. The monoisotopic (exact) mass is 295 g/mol. The Morgan fingerprint density at radius 2 is 2.30 bits per heavy atom. The first-order valence-corrected chi connectivity index (χ1v) is 7.80. The molecule has 0 bridgehead atoms. The number of anilines is 1. The van der Waals surface area contributed by atoms with Crippen molar-refractivity contribution in [2.75, 3.05) is 44.8 Å². The summed E-state index contributed by atoms with van der Waals surface area (Å²) in [6, 6.07) is 0.525. The zero-order valence-electron chi connectivity index (χ0n) is 12.2. The molecule has 0 spiro atoms. The molecule has 0 aliphatic carbocycles. The van der Waals surface area contributed by atoms with E-state index in [9.17, 15) is 0 Å². The first-order chi connectivity index (χ1) is 9.67. The summed E-state index contributed by atoms with van der Waals surface area (Å²) in [7, 11) is 1.76. The van der Waals surface area contributed by atoms with Crippen molar-refractivity contribution in [1.29, 1.82) is 0 Å². The van der Waals surface area contributed by atoms with Gasteiger partial charge < -0.3 is 9.64 Å². The Bertz CT molecular complexity index is 549. The Kier molecular flexibility index (Phi) is 3.91. The first kappa shape index (κ1) is 13.8. The highest BCUT2D eigenvalue weighted by Gasteiger charge is 2.25. The summed E-state index contributed by atoms with van der Waals surface area (Å²) in [4.78, 5) is 10.3. The average Bonchev–Trinajstić information content (AvgIpc) is 2.94. The number of imidazole rings is 1. The van der Waals surface area contributed by atoms with Crippen LogP contribution in [0.15, 0.2) is 6.20 Å². The quantitative estimate of drug-likeness (QED) is 0.849. The summed E-state index contributed by atoms with van der Waals surface area (Å²) >= 11 is 1.67. The third-order valence-corrected chi connectivity index (χ3v) is 4.75. The van der Waals surface area contributed by atoms with Crippen LogP contribution in [0.1, 0.15) is 12.6 Å². The Morgan fingerprint density at radius 1 is 1.45 bits per heavy atom. The molecule has 0 unspecified atom stereocenters. The van der Waals surface area contributed by atoms with Crippen LogP contribution in [0.25, 0.3) is 4.96 Å². The van der Waals surface area contributed by atoms with Gasteiger partial charge in [-0.25, -0.2) is 9.50 Å². The molecule has 110 valence electrons. The Balaban J connectivity index is 1.68. The molecule has 2 aromatic rings. The van der Waals surface area contributed by atoms with Crippen molar-refractivity contribution in [3.05, 3.63) is 11.9 Å². The zero-order chi connectivity index (χ0) is 14.1. The van der Waals surface area contributed by atoms with Gasteiger partial charge in [0.1, 0.15) is 0 Å². The van der Waals surface area contributed by atoms with E-state index in [1.807, 2.05) is 17.6 Å². The molecule has 3 rings (SSSR count). The van der Waals surface area contributed by atoms with E-state index in [-0.39, 0.29) is 0 Å². The van der Waals surface area contributed by atoms with Gasteiger partial charge in [-0.3, -0.25) is 4.90 Å². The summed E-state index contributed by atoms with van der Waals surface area (Å²) in [6.45, 7) is 9.16. The number of hydrogen-bond acceptors (Lipinski definition) is 6. The molecule has 7 heteroatoms. The van der Waals surface area contributed by atoms with E-state index in [4.69, 9.17) is 4.74 Å². The average molecular weight is 295 g/mol. The van der Waals surface area contributed by atoms with Gasteiger partial charge in [0.15, 0.2) is 0 Å². The summed E-state index contributed by atoms with van der Waals surface area (Å²) in [5.74, 6) is 0. The van der Waals surface area contributed by atoms with Crippen molar-refractivity contribution >= 4 is 21.4 Å². The normalized spacial score (nSPS) is 20.9. The van der Waals surface area contributed by atoms with Gasteiger partial charge in [0.2, 0.25) is 10.1 Å². The molecule has 3 heterocycles. The van der Waals surface area contributed by atoms with E-state index in [2.05, 4.69) is 26.8 Å². The third kappa shape index (κ3) is 2.65. The summed E-state index contributed by atoms with van der Waals surface area (Å²) in [6.07, 6.45) is 1.98. The van der Waals surface area contributed by atoms with Crippen LogP contribution in [0.2, 0.25) is 0 Å². The van der Waals surface area contributed by atoms with Crippen LogP contribution in [0.4, 0.5) is 5.13 Å². The van der Waals surface area contributed by atoms with Gasteiger partial charge in [0.25, 0.3) is 0 Å². The summed E-state index contributed by atoms with van der Waals surface area (Å²) in [5, 5.41) is 5.71. The number of aryl methyl sites for hydroxylation is 1. The van der Waals surface area contributed by atoms with Crippen LogP contribution in [0.5, 0.6) is 0 Å². The molecule has 20 heavy (non-hydrogen) atoms. The molecule has 1 fully saturated rings. The topological polar surface area (TPSA) is 45.9 Å². The van der Waals surface area contributed by atoms with Crippen molar-refractivity contribution in [1.82, 2.24) is 19.5 Å². The summed E-state index contributed by atoms with van der Waals surface area (Å²) in [5.41, 5.74) is 1.02. The molecule has 6 nitrogen and oxygen atoms in total. The number of piperazine rings is 1. The van der Waals surface area contributed by atoms with Crippen molar-refractivity contribution in [2.45, 2.75) is 19.9 Å². The van der Waals surface area contributed by atoms with E-state index in [1.54, 1.807) is 18.4 Å². The lowest BCUT2D eigenvalue weighted by atomic mass is 10.2. The van der Waals surface area contributed by atoms with Gasteiger partial charge >= 0.3 is 0 Å². The zero-order valence-corrected chi connectivity index (χ0v) is 13.1. The molecule has 1 saturated heterocycles. The van der Waals surface area contributed by atoms with Gasteiger partial charge in [-0.05, 0) is 13.8 Å². The van der Waals surface area contributed by atoms with E-state index in [1.165, 1.54) is 0 Å². The molecule has 2 aromatic heterocycles. The molecule has 1 aliphatic rings. The van der Waals surface area contributed by atoms with Crippen molar-refractivity contribution in [2.24, 2.45) is 0 Å². The predicted octanol–water partition coefficient (Wildman–Crippen LogP) is 1.26. The van der Waals surface area contributed by atoms with Crippen molar-refractivity contribution < 1.29 is 4.74 Å². The van der Waals surface area contributed by atoms with Crippen LogP contribution in [0, 0.1) is 6.92 Å². The number of methoxy groups -OCH3 is 1. The minimum Gasteiger partial charge on any atom is -0.383 e. The van der Waals surface area contributed by atoms with Gasteiger partial charge in [0.05, 0.1) is 18.5 Å². The lowest BCUT2D eigenvalue weighted by molar-refractivity contribution is 0.117. The van der Waals surface area contributed by atoms with Gasteiger partial charge in [-0.15, -0.1) is 5.10 Å². The molecule has 0 N–H and O–H groups in total. The van der Waals surface area contributed by atoms with Crippen molar-refractivity contribution in [3.8, 4) is 0 Å². The Labute approximate surface area is 123 Å². The molecule has 1 atom stereocenters. The van der Waals surface area contributed by atoms with Crippen LogP contribution in [-0.2, 0) is 4.74 Å². The van der Waals surface area contributed by atoms with Crippen LogP contribution in [-0.4, -0.2) is 65.4 Å². The number of aromatic nitrogens is 3. The number of rotatable bonds is 4. The molecular weight excluding hydrogens is 274 g/mol. The second-order valence-electron chi connectivity index (χ2n) is 5.32. The second kappa shape index (κ2) is 5.67. The molecule has 1 aliphatic heterocycles. The maximum Gasteiger partial charge on any atom is 0.214 e. The maximum atomic E-state index is 5.17. The van der Waals surface area contributed by atoms with E-state index < -0.39 is 0 Å². The van der Waals surface area contributed by atoms with E-state index in [0.29, 0.717) is 6.04 Å². The lowest BCUT2D eigenvalue weighted by Crippen LogP contribution is -2.52. The van der Waals surface area contributed by atoms with Crippen LogP contribution < -0.4 is 4.90 Å². The minimum absolute atomic E-state index is 0.525. The number of fused-ring (bicyclic) bond motifs is 1. The highest BCUT2D eigenvalue weighted by atomic mass is 32.1. The number of nitrogens with zero attached hydrogens (tertiary/aromatic N) is 5.